The predicted molar refractivity (Wildman–Crippen MR) is 96.5 cm³/mol. The number of carbonyl (C=O) groups excluding carboxylic acids is 1. The second-order valence-corrected chi connectivity index (χ2v) is 8.03. The third kappa shape index (κ3) is 4.46. The number of urea groups is 1. The smallest absolute Gasteiger partial charge is 0.317 e. The second kappa shape index (κ2) is 8.39. The Morgan fingerprint density at radius 2 is 1.84 bits per heavy atom. The van der Waals surface area contributed by atoms with Crippen molar-refractivity contribution < 1.29 is 14.7 Å². The van der Waals surface area contributed by atoms with Crippen molar-refractivity contribution >= 4 is 12.0 Å². The first kappa shape index (κ1) is 18.5. The number of carboxylic acids is 1. The van der Waals surface area contributed by atoms with E-state index in [-0.39, 0.29) is 18.6 Å². The molecule has 3 rings (SSSR count). The molecule has 2 aliphatic carbocycles. The van der Waals surface area contributed by atoms with Crippen molar-refractivity contribution in [3.05, 3.63) is 0 Å². The summed E-state index contributed by atoms with van der Waals surface area (Å²) in [5.74, 6) is -0.0796. The molecule has 0 bridgehead atoms. The molecule has 2 N–H and O–H groups in total. The van der Waals surface area contributed by atoms with Gasteiger partial charge in [0.1, 0.15) is 0 Å². The predicted octanol–water partition coefficient (Wildman–Crippen LogP) is 2.68. The number of likely N-dealkylation sites (tertiary alicyclic amines) is 1. The van der Waals surface area contributed by atoms with Gasteiger partial charge in [0.25, 0.3) is 0 Å². The van der Waals surface area contributed by atoms with Crippen LogP contribution in [0.25, 0.3) is 0 Å². The van der Waals surface area contributed by atoms with E-state index in [0.29, 0.717) is 18.0 Å². The van der Waals surface area contributed by atoms with Gasteiger partial charge in [-0.15, -0.1) is 0 Å². The van der Waals surface area contributed by atoms with Crippen LogP contribution in [0, 0.1) is 5.92 Å². The number of nitrogens with zero attached hydrogens (tertiary/aromatic N) is 2. The van der Waals surface area contributed by atoms with Crippen molar-refractivity contribution in [1.82, 2.24) is 15.1 Å². The summed E-state index contributed by atoms with van der Waals surface area (Å²) >= 11 is 0. The van der Waals surface area contributed by atoms with E-state index in [9.17, 15) is 9.59 Å². The maximum atomic E-state index is 12.7. The van der Waals surface area contributed by atoms with Crippen LogP contribution in [0.15, 0.2) is 0 Å². The number of amides is 2. The Kier molecular flexibility index (Phi) is 6.20. The zero-order valence-electron chi connectivity index (χ0n) is 15.5. The summed E-state index contributed by atoms with van der Waals surface area (Å²) in [4.78, 5) is 27.7. The topological polar surface area (TPSA) is 72.9 Å². The average molecular weight is 351 g/mol. The van der Waals surface area contributed by atoms with Gasteiger partial charge in [-0.05, 0) is 51.0 Å². The molecule has 0 aromatic rings. The molecule has 1 saturated heterocycles. The molecule has 0 aromatic carbocycles. The summed E-state index contributed by atoms with van der Waals surface area (Å²) in [6.45, 7) is 3.72. The molecule has 0 radical (unpaired) electrons. The van der Waals surface area contributed by atoms with Crippen LogP contribution >= 0.6 is 0 Å². The minimum absolute atomic E-state index is 0.0950. The van der Waals surface area contributed by atoms with Crippen molar-refractivity contribution in [2.45, 2.75) is 82.8 Å². The first-order chi connectivity index (χ1) is 12.1. The molecular weight excluding hydrogens is 318 g/mol. The second-order valence-electron chi connectivity index (χ2n) is 8.03. The molecule has 25 heavy (non-hydrogen) atoms. The Hall–Kier alpha value is -1.30. The van der Waals surface area contributed by atoms with E-state index in [4.69, 9.17) is 5.11 Å². The molecule has 1 heterocycles. The van der Waals surface area contributed by atoms with Crippen LogP contribution < -0.4 is 5.32 Å². The molecule has 0 aromatic heterocycles. The number of rotatable bonds is 6. The monoisotopic (exact) mass is 351 g/mol. The van der Waals surface area contributed by atoms with Gasteiger partial charge in [0, 0.05) is 24.7 Å². The fraction of sp³-hybridized carbons (Fsp3) is 0.895. The fourth-order valence-corrected chi connectivity index (χ4v) is 4.99. The maximum absolute atomic E-state index is 12.7. The van der Waals surface area contributed by atoms with Crippen molar-refractivity contribution in [3.8, 4) is 0 Å². The van der Waals surface area contributed by atoms with E-state index in [1.807, 2.05) is 11.8 Å². The van der Waals surface area contributed by atoms with Crippen LogP contribution in [0.3, 0.4) is 0 Å². The lowest BCUT2D eigenvalue weighted by Gasteiger charge is -2.43. The number of hydrogen-bond donors (Lipinski definition) is 2. The summed E-state index contributed by atoms with van der Waals surface area (Å²) in [5, 5.41) is 12.2. The molecule has 6 nitrogen and oxygen atoms in total. The van der Waals surface area contributed by atoms with Crippen molar-refractivity contribution in [3.63, 3.8) is 0 Å². The number of carboxylic acid groups (broad SMARTS) is 1. The van der Waals surface area contributed by atoms with Crippen LogP contribution in [-0.2, 0) is 4.79 Å². The SMILES string of the molecule is CCN(CC(=O)O)C1CC(NC(=O)N2CCCC2C2CCCCC2)C1. The standard InChI is InChI=1S/C19H33N3O3/c1-2-21(13-18(23)24)16-11-15(12-16)20-19(25)22-10-6-9-17(22)14-7-4-3-5-8-14/h14-17H,2-13H2,1H3,(H,20,25)(H,23,24). The lowest BCUT2D eigenvalue weighted by Crippen LogP contribution is -2.57. The van der Waals surface area contributed by atoms with Gasteiger partial charge in [0.05, 0.1) is 6.54 Å². The first-order valence-corrected chi connectivity index (χ1v) is 10.1. The average Bonchev–Trinajstić information content (AvgIpc) is 3.06. The van der Waals surface area contributed by atoms with Gasteiger partial charge in [-0.1, -0.05) is 26.2 Å². The highest BCUT2D eigenvalue weighted by molar-refractivity contribution is 5.75. The van der Waals surface area contributed by atoms with Gasteiger partial charge in [-0.2, -0.15) is 0 Å². The summed E-state index contributed by atoms with van der Waals surface area (Å²) in [6, 6.07) is 1.04. The number of nitrogens with one attached hydrogen (secondary N) is 1. The molecule has 1 atom stereocenters. The highest BCUT2D eigenvalue weighted by Gasteiger charge is 2.39. The maximum Gasteiger partial charge on any atom is 0.317 e. The van der Waals surface area contributed by atoms with E-state index in [2.05, 4.69) is 10.2 Å². The van der Waals surface area contributed by atoms with Crippen LogP contribution in [0.5, 0.6) is 0 Å². The highest BCUT2D eigenvalue weighted by Crippen LogP contribution is 2.34. The van der Waals surface area contributed by atoms with Crippen molar-refractivity contribution in [2.24, 2.45) is 5.92 Å². The van der Waals surface area contributed by atoms with Gasteiger partial charge in [-0.3, -0.25) is 9.69 Å². The highest BCUT2D eigenvalue weighted by atomic mass is 16.4. The first-order valence-electron chi connectivity index (χ1n) is 10.1. The summed E-state index contributed by atoms with van der Waals surface area (Å²) < 4.78 is 0. The van der Waals surface area contributed by atoms with E-state index < -0.39 is 5.97 Å². The normalized spacial score (nSPS) is 30.3. The summed E-state index contributed by atoms with van der Waals surface area (Å²) in [5.41, 5.74) is 0. The molecule has 6 heteroatoms. The third-order valence-electron chi connectivity index (χ3n) is 6.46. The minimum atomic E-state index is -0.776. The molecule has 1 aliphatic heterocycles. The zero-order valence-corrected chi connectivity index (χ0v) is 15.5. The van der Waals surface area contributed by atoms with Crippen molar-refractivity contribution in [2.75, 3.05) is 19.6 Å². The Balaban J connectivity index is 1.45. The van der Waals surface area contributed by atoms with Crippen LogP contribution in [0.1, 0.15) is 64.7 Å². The summed E-state index contributed by atoms with van der Waals surface area (Å²) in [7, 11) is 0. The number of aliphatic carboxylic acids is 1. The molecule has 0 spiro atoms. The Labute approximate surface area is 150 Å². The van der Waals surface area contributed by atoms with E-state index >= 15 is 0 Å². The van der Waals surface area contributed by atoms with Gasteiger partial charge in [0.15, 0.2) is 0 Å². The number of likely N-dealkylation sites (N-methyl/N-ethyl adjacent to an activating group) is 1. The molecule has 142 valence electrons. The van der Waals surface area contributed by atoms with Crippen LogP contribution in [0.2, 0.25) is 0 Å². The number of carbonyl (C=O) groups is 2. The zero-order chi connectivity index (χ0) is 17.8. The molecule has 1 unspecified atom stereocenters. The Morgan fingerprint density at radius 3 is 2.48 bits per heavy atom. The quantitative estimate of drug-likeness (QED) is 0.772. The minimum Gasteiger partial charge on any atom is -0.480 e. The molecule has 3 aliphatic rings. The van der Waals surface area contributed by atoms with Crippen LogP contribution in [0.4, 0.5) is 4.79 Å². The molecular formula is C19H33N3O3. The number of hydrogen-bond acceptors (Lipinski definition) is 3. The van der Waals surface area contributed by atoms with Crippen LogP contribution in [-0.4, -0.2) is 64.7 Å². The lowest BCUT2D eigenvalue weighted by molar-refractivity contribution is -0.139. The molecule has 2 saturated carbocycles. The molecule has 2 amide bonds. The summed E-state index contributed by atoms with van der Waals surface area (Å²) in [6.07, 6.45) is 10.6. The fourth-order valence-electron chi connectivity index (χ4n) is 4.99. The van der Waals surface area contributed by atoms with E-state index in [1.165, 1.54) is 32.1 Å². The largest absolute Gasteiger partial charge is 0.480 e. The Bertz CT molecular complexity index is 473. The van der Waals surface area contributed by atoms with Crippen molar-refractivity contribution in [1.29, 1.82) is 0 Å². The van der Waals surface area contributed by atoms with Gasteiger partial charge >= 0.3 is 12.0 Å². The lowest BCUT2D eigenvalue weighted by atomic mass is 9.83. The Morgan fingerprint density at radius 1 is 1.12 bits per heavy atom. The van der Waals surface area contributed by atoms with E-state index in [0.717, 1.165) is 38.8 Å². The molecule has 3 fully saturated rings. The van der Waals surface area contributed by atoms with E-state index in [1.54, 1.807) is 0 Å². The van der Waals surface area contributed by atoms with Gasteiger partial charge in [-0.25, -0.2) is 4.79 Å². The van der Waals surface area contributed by atoms with Gasteiger partial charge < -0.3 is 15.3 Å². The third-order valence-corrected chi connectivity index (χ3v) is 6.46. The van der Waals surface area contributed by atoms with Gasteiger partial charge in [0.2, 0.25) is 0 Å².